The third kappa shape index (κ3) is 3.08. The van der Waals surface area contributed by atoms with Crippen LogP contribution < -0.4 is 0 Å². The van der Waals surface area contributed by atoms with Crippen LogP contribution in [0.1, 0.15) is 11.1 Å². The van der Waals surface area contributed by atoms with Gasteiger partial charge < -0.3 is 0 Å². The molecule has 0 aliphatic carbocycles. The number of aromatic nitrogens is 1. The highest BCUT2D eigenvalue weighted by Gasteiger charge is 2.26. The fourth-order valence-corrected chi connectivity index (χ4v) is 5.91. The summed E-state index contributed by atoms with van der Waals surface area (Å²) in [6.45, 7) is 3.97. The maximum absolute atomic E-state index is 13.6. The van der Waals surface area contributed by atoms with E-state index in [1.165, 1.54) is 3.97 Å². The molecular formula is C22H18INO2S. The molecule has 0 atom stereocenters. The molecular weight excluding hydrogens is 469 g/mol. The van der Waals surface area contributed by atoms with Crippen molar-refractivity contribution in [2.75, 3.05) is 0 Å². The van der Waals surface area contributed by atoms with Crippen LogP contribution in [0, 0.1) is 17.4 Å². The first-order chi connectivity index (χ1) is 12.9. The van der Waals surface area contributed by atoms with E-state index in [4.69, 9.17) is 0 Å². The molecule has 0 N–H and O–H groups in total. The van der Waals surface area contributed by atoms with E-state index in [2.05, 4.69) is 22.6 Å². The van der Waals surface area contributed by atoms with E-state index >= 15 is 0 Å². The second-order valence-electron chi connectivity index (χ2n) is 6.63. The fourth-order valence-electron chi connectivity index (χ4n) is 3.19. The molecule has 27 heavy (non-hydrogen) atoms. The van der Waals surface area contributed by atoms with Crippen molar-refractivity contribution in [3.05, 3.63) is 87.5 Å². The molecule has 0 radical (unpaired) electrons. The summed E-state index contributed by atoms with van der Waals surface area (Å²) in [7, 11) is -3.74. The minimum Gasteiger partial charge on any atom is -0.232 e. The van der Waals surface area contributed by atoms with Gasteiger partial charge in [-0.15, -0.1) is 0 Å². The zero-order valence-corrected chi connectivity index (χ0v) is 18.0. The quantitative estimate of drug-likeness (QED) is 0.345. The lowest BCUT2D eigenvalue weighted by Crippen LogP contribution is -2.14. The first-order valence-electron chi connectivity index (χ1n) is 8.58. The van der Waals surface area contributed by atoms with Gasteiger partial charge in [-0.2, -0.15) is 0 Å². The number of nitrogens with zero attached hydrogens (tertiary/aromatic N) is 1. The Morgan fingerprint density at radius 1 is 0.778 bits per heavy atom. The Hall–Kier alpha value is -2.12. The van der Waals surface area contributed by atoms with Crippen molar-refractivity contribution < 1.29 is 8.42 Å². The van der Waals surface area contributed by atoms with Crippen LogP contribution in [0.25, 0.3) is 22.2 Å². The zero-order valence-electron chi connectivity index (χ0n) is 15.0. The number of halogens is 1. The van der Waals surface area contributed by atoms with Crippen molar-refractivity contribution >= 4 is 43.5 Å². The lowest BCUT2D eigenvalue weighted by molar-refractivity contribution is 0.589. The Kier molecular flexibility index (Phi) is 4.60. The highest BCUT2D eigenvalue weighted by atomic mass is 127. The molecule has 0 saturated carbocycles. The van der Waals surface area contributed by atoms with E-state index in [1.807, 2.05) is 74.5 Å². The van der Waals surface area contributed by atoms with Crippen molar-refractivity contribution in [1.82, 2.24) is 3.97 Å². The summed E-state index contributed by atoms with van der Waals surface area (Å²) in [4.78, 5) is 0.290. The molecule has 4 aromatic rings. The highest BCUT2D eigenvalue weighted by molar-refractivity contribution is 14.1. The van der Waals surface area contributed by atoms with Gasteiger partial charge in [0.05, 0.1) is 16.1 Å². The SMILES string of the molecule is Cc1ccc(-c2c(I)c3ccccc3n2S(=O)(=O)c2ccc(C)cc2)cc1. The second-order valence-corrected chi connectivity index (χ2v) is 9.49. The van der Waals surface area contributed by atoms with Crippen LogP contribution in [0.15, 0.2) is 77.7 Å². The number of benzene rings is 3. The Balaban J connectivity index is 2.09. The van der Waals surface area contributed by atoms with E-state index in [-0.39, 0.29) is 0 Å². The Morgan fingerprint density at radius 3 is 1.96 bits per heavy atom. The number of fused-ring (bicyclic) bond motifs is 1. The third-order valence-electron chi connectivity index (χ3n) is 4.65. The van der Waals surface area contributed by atoms with Crippen LogP contribution >= 0.6 is 22.6 Å². The van der Waals surface area contributed by atoms with Crippen molar-refractivity contribution in [2.45, 2.75) is 18.7 Å². The van der Waals surface area contributed by atoms with E-state index in [9.17, 15) is 8.42 Å². The fraction of sp³-hybridized carbons (Fsp3) is 0.0909. The number of para-hydroxylation sites is 1. The number of hydrogen-bond acceptors (Lipinski definition) is 2. The van der Waals surface area contributed by atoms with E-state index in [1.54, 1.807) is 12.1 Å². The molecule has 4 rings (SSSR count). The maximum atomic E-state index is 13.6. The van der Waals surface area contributed by atoms with Crippen LogP contribution in [-0.2, 0) is 10.0 Å². The highest BCUT2D eigenvalue weighted by Crippen LogP contribution is 2.37. The van der Waals surface area contributed by atoms with Crippen LogP contribution in [0.3, 0.4) is 0 Å². The van der Waals surface area contributed by atoms with Crippen LogP contribution in [0.4, 0.5) is 0 Å². The molecule has 136 valence electrons. The molecule has 0 unspecified atom stereocenters. The summed E-state index contributed by atoms with van der Waals surface area (Å²) in [6, 6.07) is 22.6. The van der Waals surface area contributed by atoms with E-state index in [0.29, 0.717) is 16.1 Å². The predicted molar refractivity (Wildman–Crippen MR) is 119 cm³/mol. The van der Waals surface area contributed by atoms with Gasteiger partial charge in [-0.1, -0.05) is 65.7 Å². The molecule has 1 heterocycles. The molecule has 3 aromatic carbocycles. The number of aryl methyl sites for hydroxylation is 2. The summed E-state index contributed by atoms with van der Waals surface area (Å²) in [5.41, 5.74) is 4.45. The molecule has 1 aromatic heterocycles. The maximum Gasteiger partial charge on any atom is 0.268 e. The van der Waals surface area contributed by atoms with Gasteiger partial charge in [-0.25, -0.2) is 12.4 Å². The number of rotatable bonds is 3. The largest absolute Gasteiger partial charge is 0.268 e. The van der Waals surface area contributed by atoms with Crippen LogP contribution in [-0.4, -0.2) is 12.4 Å². The number of hydrogen-bond donors (Lipinski definition) is 0. The van der Waals surface area contributed by atoms with Gasteiger partial charge in [0, 0.05) is 14.5 Å². The lowest BCUT2D eigenvalue weighted by atomic mass is 10.1. The topological polar surface area (TPSA) is 39.1 Å². The smallest absolute Gasteiger partial charge is 0.232 e. The minimum absolute atomic E-state index is 0.290. The van der Waals surface area contributed by atoms with Gasteiger partial charge >= 0.3 is 0 Å². The first kappa shape index (κ1) is 18.3. The Labute approximate surface area is 172 Å². The molecule has 0 aliphatic heterocycles. The third-order valence-corrected chi connectivity index (χ3v) is 7.47. The molecule has 0 fully saturated rings. The van der Waals surface area contributed by atoms with Crippen molar-refractivity contribution in [2.24, 2.45) is 0 Å². The lowest BCUT2D eigenvalue weighted by Gasteiger charge is -2.13. The molecule has 5 heteroatoms. The molecule has 0 amide bonds. The van der Waals surface area contributed by atoms with E-state index < -0.39 is 10.0 Å². The zero-order chi connectivity index (χ0) is 19.2. The summed E-state index contributed by atoms with van der Waals surface area (Å²) in [5.74, 6) is 0. The summed E-state index contributed by atoms with van der Waals surface area (Å²) in [5, 5.41) is 0.935. The summed E-state index contributed by atoms with van der Waals surface area (Å²) < 4.78 is 29.6. The summed E-state index contributed by atoms with van der Waals surface area (Å²) >= 11 is 2.25. The minimum atomic E-state index is -3.74. The molecule has 0 aliphatic rings. The van der Waals surface area contributed by atoms with Gasteiger partial charge in [-0.05, 0) is 54.6 Å². The molecule has 0 saturated heterocycles. The average Bonchev–Trinajstić information content (AvgIpc) is 2.96. The second kappa shape index (κ2) is 6.80. The standard InChI is InChI=1S/C22H18INO2S/c1-15-7-11-17(12-8-15)22-21(23)19-5-3-4-6-20(19)24(22)27(25,26)18-13-9-16(2)10-14-18/h3-14H,1-2H3. The summed E-state index contributed by atoms with van der Waals surface area (Å²) in [6.07, 6.45) is 0. The van der Waals surface area contributed by atoms with Crippen LogP contribution in [0.2, 0.25) is 0 Å². The molecule has 0 bridgehead atoms. The van der Waals surface area contributed by atoms with Crippen molar-refractivity contribution in [3.63, 3.8) is 0 Å². The normalized spacial score (nSPS) is 11.8. The van der Waals surface area contributed by atoms with Gasteiger partial charge in [0.15, 0.2) is 0 Å². The average molecular weight is 487 g/mol. The first-order valence-corrected chi connectivity index (χ1v) is 11.1. The van der Waals surface area contributed by atoms with Crippen molar-refractivity contribution in [1.29, 1.82) is 0 Å². The Bertz CT molecular complexity index is 1240. The Morgan fingerprint density at radius 2 is 1.33 bits per heavy atom. The van der Waals surface area contributed by atoms with Gasteiger partial charge in [0.2, 0.25) is 0 Å². The van der Waals surface area contributed by atoms with Gasteiger partial charge in [0.25, 0.3) is 10.0 Å². The monoisotopic (exact) mass is 487 g/mol. The van der Waals surface area contributed by atoms with E-state index in [0.717, 1.165) is 25.6 Å². The van der Waals surface area contributed by atoms with Gasteiger partial charge in [-0.3, -0.25) is 0 Å². The van der Waals surface area contributed by atoms with Gasteiger partial charge in [0.1, 0.15) is 0 Å². The molecule has 0 spiro atoms. The molecule has 3 nitrogen and oxygen atoms in total. The predicted octanol–water partition coefficient (Wildman–Crippen LogP) is 5.77. The van der Waals surface area contributed by atoms with Crippen LogP contribution in [0.5, 0.6) is 0 Å². The van der Waals surface area contributed by atoms with Crippen molar-refractivity contribution in [3.8, 4) is 11.3 Å².